The van der Waals surface area contributed by atoms with Crippen LogP contribution < -0.4 is 10.6 Å². The molecule has 1 rings (SSSR count). The highest BCUT2D eigenvalue weighted by Crippen LogP contribution is 2.19. The predicted octanol–water partition coefficient (Wildman–Crippen LogP) is 1.54. The van der Waals surface area contributed by atoms with Crippen molar-refractivity contribution >= 4 is 17.6 Å². The molecule has 13 heavy (non-hydrogen) atoms. The maximum atomic E-state index is 5.56. The molecule has 0 unspecified atom stereocenters. The van der Waals surface area contributed by atoms with Gasteiger partial charge < -0.3 is 15.1 Å². The van der Waals surface area contributed by atoms with Crippen molar-refractivity contribution in [1.82, 2.24) is 0 Å². The molecular formula is C9H16N2OS. The molecule has 1 heterocycles. The number of thioether (sulfide) groups is 1. The molecule has 2 N–H and O–H groups in total. The van der Waals surface area contributed by atoms with Crippen molar-refractivity contribution in [2.24, 2.45) is 5.73 Å². The molecule has 0 aromatic carbocycles. The second-order valence-electron chi connectivity index (χ2n) is 2.98. The van der Waals surface area contributed by atoms with Crippen LogP contribution in [0.15, 0.2) is 16.5 Å². The van der Waals surface area contributed by atoms with E-state index in [1.807, 2.05) is 31.1 Å². The summed E-state index contributed by atoms with van der Waals surface area (Å²) in [7, 11) is 3.94. The molecule has 0 radical (unpaired) electrons. The Balaban J connectivity index is 2.40. The molecule has 0 saturated carbocycles. The van der Waals surface area contributed by atoms with Crippen LogP contribution in [0, 0.1) is 0 Å². The van der Waals surface area contributed by atoms with Crippen LogP contribution in [0.2, 0.25) is 0 Å². The highest BCUT2D eigenvalue weighted by atomic mass is 32.2. The Morgan fingerprint density at radius 2 is 2.23 bits per heavy atom. The second kappa shape index (κ2) is 5.19. The fourth-order valence-electron chi connectivity index (χ4n) is 0.941. The van der Waals surface area contributed by atoms with Gasteiger partial charge in [-0.05, 0) is 6.07 Å². The van der Waals surface area contributed by atoms with Crippen LogP contribution in [0.1, 0.15) is 5.76 Å². The van der Waals surface area contributed by atoms with Crippen molar-refractivity contribution in [2.75, 3.05) is 31.3 Å². The molecule has 74 valence electrons. The molecule has 0 aliphatic carbocycles. The van der Waals surface area contributed by atoms with E-state index in [-0.39, 0.29) is 0 Å². The van der Waals surface area contributed by atoms with Crippen molar-refractivity contribution < 1.29 is 4.42 Å². The van der Waals surface area contributed by atoms with Crippen LogP contribution in [-0.2, 0) is 5.75 Å². The van der Waals surface area contributed by atoms with E-state index < -0.39 is 0 Å². The van der Waals surface area contributed by atoms with E-state index in [0.717, 1.165) is 29.7 Å². The molecule has 0 aliphatic rings. The van der Waals surface area contributed by atoms with Crippen molar-refractivity contribution in [3.05, 3.63) is 17.9 Å². The van der Waals surface area contributed by atoms with Crippen molar-refractivity contribution in [3.8, 4) is 0 Å². The average molecular weight is 200 g/mol. The quantitative estimate of drug-likeness (QED) is 0.732. The van der Waals surface area contributed by atoms with E-state index in [2.05, 4.69) is 0 Å². The van der Waals surface area contributed by atoms with Crippen LogP contribution in [0.25, 0.3) is 0 Å². The zero-order valence-corrected chi connectivity index (χ0v) is 8.93. The SMILES string of the molecule is CN(C)c1ccc(CSCCN)o1. The van der Waals surface area contributed by atoms with Crippen molar-refractivity contribution in [3.63, 3.8) is 0 Å². The van der Waals surface area contributed by atoms with Gasteiger partial charge in [-0.15, -0.1) is 0 Å². The zero-order chi connectivity index (χ0) is 9.68. The van der Waals surface area contributed by atoms with Crippen LogP contribution in [0.4, 0.5) is 5.88 Å². The van der Waals surface area contributed by atoms with Gasteiger partial charge in [-0.25, -0.2) is 0 Å². The van der Waals surface area contributed by atoms with Gasteiger partial charge in [0.25, 0.3) is 0 Å². The van der Waals surface area contributed by atoms with Gasteiger partial charge in [0.05, 0.1) is 5.75 Å². The van der Waals surface area contributed by atoms with Gasteiger partial charge in [-0.2, -0.15) is 11.8 Å². The van der Waals surface area contributed by atoms with Gasteiger partial charge in [0.1, 0.15) is 5.76 Å². The first-order valence-corrected chi connectivity index (χ1v) is 5.43. The molecule has 3 nitrogen and oxygen atoms in total. The van der Waals surface area contributed by atoms with Crippen LogP contribution >= 0.6 is 11.8 Å². The lowest BCUT2D eigenvalue weighted by molar-refractivity contribution is 0.530. The second-order valence-corrected chi connectivity index (χ2v) is 4.08. The Morgan fingerprint density at radius 1 is 1.46 bits per heavy atom. The van der Waals surface area contributed by atoms with Gasteiger partial charge >= 0.3 is 0 Å². The van der Waals surface area contributed by atoms with E-state index in [0.29, 0.717) is 0 Å². The zero-order valence-electron chi connectivity index (χ0n) is 8.12. The number of anilines is 1. The minimum absolute atomic E-state index is 0.728. The average Bonchev–Trinajstić information content (AvgIpc) is 2.53. The first-order chi connectivity index (χ1) is 6.24. The van der Waals surface area contributed by atoms with Gasteiger partial charge in [-0.1, -0.05) is 0 Å². The molecule has 1 aromatic heterocycles. The lowest BCUT2D eigenvalue weighted by Crippen LogP contribution is -2.06. The Kier molecular flexibility index (Phi) is 4.18. The lowest BCUT2D eigenvalue weighted by atomic mass is 10.5. The van der Waals surface area contributed by atoms with Crippen LogP contribution in [0.5, 0.6) is 0 Å². The summed E-state index contributed by atoms with van der Waals surface area (Å²) in [5.41, 5.74) is 5.39. The first kappa shape index (κ1) is 10.5. The third kappa shape index (κ3) is 3.32. The third-order valence-electron chi connectivity index (χ3n) is 1.59. The van der Waals surface area contributed by atoms with Gasteiger partial charge in [0.2, 0.25) is 0 Å². The summed E-state index contributed by atoms with van der Waals surface area (Å²) in [4.78, 5) is 1.96. The summed E-state index contributed by atoms with van der Waals surface area (Å²) in [5.74, 6) is 3.81. The molecule has 0 atom stereocenters. The number of rotatable bonds is 5. The molecule has 1 aromatic rings. The maximum absolute atomic E-state index is 5.56. The maximum Gasteiger partial charge on any atom is 0.195 e. The highest BCUT2D eigenvalue weighted by molar-refractivity contribution is 7.98. The fraction of sp³-hybridized carbons (Fsp3) is 0.556. The highest BCUT2D eigenvalue weighted by Gasteiger charge is 2.02. The minimum Gasteiger partial charge on any atom is -0.445 e. The van der Waals surface area contributed by atoms with Gasteiger partial charge in [-0.3, -0.25) is 0 Å². The largest absolute Gasteiger partial charge is 0.445 e. The van der Waals surface area contributed by atoms with E-state index >= 15 is 0 Å². The summed E-state index contributed by atoms with van der Waals surface area (Å²) in [5, 5.41) is 0. The van der Waals surface area contributed by atoms with E-state index in [1.54, 1.807) is 11.8 Å². The van der Waals surface area contributed by atoms with Crippen molar-refractivity contribution in [2.45, 2.75) is 5.75 Å². The summed E-state index contributed by atoms with van der Waals surface area (Å²) >= 11 is 1.79. The third-order valence-corrected chi connectivity index (χ3v) is 2.61. The Morgan fingerprint density at radius 3 is 2.77 bits per heavy atom. The summed E-state index contributed by atoms with van der Waals surface area (Å²) in [6, 6.07) is 4.00. The number of hydrogen-bond acceptors (Lipinski definition) is 4. The van der Waals surface area contributed by atoms with E-state index in [1.165, 1.54) is 0 Å². The standard InChI is InChI=1S/C9H16N2OS/c1-11(2)9-4-3-8(12-9)7-13-6-5-10/h3-4H,5-7,10H2,1-2H3. The molecule has 0 saturated heterocycles. The topological polar surface area (TPSA) is 42.4 Å². The molecule has 0 amide bonds. The summed E-state index contributed by atoms with van der Waals surface area (Å²) < 4.78 is 5.56. The Bertz CT molecular complexity index is 248. The lowest BCUT2D eigenvalue weighted by Gasteiger charge is -2.06. The summed E-state index contributed by atoms with van der Waals surface area (Å²) in [6.07, 6.45) is 0. The summed E-state index contributed by atoms with van der Waals surface area (Å²) in [6.45, 7) is 0.728. The number of hydrogen-bond donors (Lipinski definition) is 1. The molecule has 4 heteroatoms. The molecule has 0 bridgehead atoms. The van der Waals surface area contributed by atoms with Gasteiger partial charge in [0, 0.05) is 32.5 Å². The normalized spacial score (nSPS) is 10.4. The smallest absolute Gasteiger partial charge is 0.195 e. The van der Waals surface area contributed by atoms with Crippen molar-refractivity contribution in [1.29, 1.82) is 0 Å². The minimum atomic E-state index is 0.728. The van der Waals surface area contributed by atoms with E-state index in [9.17, 15) is 0 Å². The molecule has 0 fully saturated rings. The number of furan rings is 1. The molecule has 0 spiro atoms. The predicted molar refractivity (Wildman–Crippen MR) is 58.3 cm³/mol. The number of nitrogens with two attached hydrogens (primary N) is 1. The Labute approximate surface area is 83.3 Å². The Hall–Kier alpha value is -0.610. The first-order valence-electron chi connectivity index (χ1n) is 4.28. The van der Waals surface area contributed by atoms with Gasteiger partial charge in [0.15, 0.2) is 5.88 Å². The van der Waals surface area contributed by atoms with Crippen LogP contribution in [0.3, 0.4) is 0 Å². The molecule has 0 aliphatic heterocycles. The van der Waals surface area contributed by atoms with Crippen LogP contribution in [-0.4, -0.2) is 26.4 Å². The number of nitrogens with zero attached hydrogens (tertiary/aromatic N) is 1. The fourth-order valence-corrected chi connectivity index (χ4v) is 1.61. The molecular weight excluding hydrogens is 184 g/mol. The monoisotopic (exact) mass is 200 g/mol. The van der Waals surface area contributed by atoms with E-state index in [4.69, 9.17) is 10.2 Å².